The summed E-state index contributed by atoms with van der Waals surface area (Å²) < 4.78 is 29.5. The van der Waals surface area contributed by atoms with Gasteiger partial charge in [0.1, 0.15) is 11.3 Å². The second kappa shape index (κ2) is 4.38. The number of rotatable bonds is 3. The fraction of sp³-hybridized carbons (Fsp3) is 0.125. The van der Waals surface area contributed by atoms with Gasteiger partial charge in [0.05, 0.1) is 4.88 Å². The lowest BCUT2D eigenvalue weighted by molar-refractivity contribution is 0.0670. The van der Waals surface area contributed by atoms with Gasteiger partial charge in [-0.1, -0.05) is 16.8 Å². The molecule has 2 aromatic heterocycles. The fourth-order valence-corrected chi connectivity index (χ4v) is 2.12. The number of carbonyl (C=O) groups is 1. The molecule has 0 aromatic carbocycles. The van der Waals surface area contributed by atoms with E-state index < -0.39 is 23.7 Å². The molecule has 0 aliphatic heterocycles. The highest BCUT2D eigenvalue weighted by atomic mass is 35.5. The van der Waals surface area contributed by atoms with Crippen molar-refractivity contribution in [2.75, 3.05) is 0 Å². The van der Waals surface area contributed by atoms with E-state index in [-0.39, 0.29) is 15.0 Å². The molecular formula is C8H3ClF2N2O3S. The minimum atomic E-state index is -3.05. The molecule has 0 amide bonds. The van der Waals surface area contributed by atoms with Gasteiger partial charge in [0, 0.05) is 6.20 Å². The molecule has 0 fully saturated rings. The first kappa shape index (κ1) is 11.9. The van der Waals surface area contributed by atoms with E-state index in [2.05, 4.69) is 14.7 Å². The number of aromatic nitrogens is 2. The molecule has 0 aliphatic carbocycles. The van der Waals surface area contributed by atoms with E-state index in [0.717, 1.165) is 11.3 Å². The van der Waals surface area contributed by atoms with Crippen LogP contribution >= 0.6 is 22.9 Å². The Labute approximate surface area is 102 Å². The standard InChI is InChI=1S/C8H3ClF2N2O3S/c9-8-12-1-2(17-8)4-3(7(14)15)5(6(10)11)16-13-4/h1,6H,(H,14,15). The third-order valence-corrected chi connectivity index (χ3v) is 2.96. The molecule has 0 radical (unpaired) electrons. The van der Waals surface area contributed by atoms with Gasteiger partial charge in [-0.05, 0) is 0 Å². The molecular weight excluding hydrogens is 278 g/mol. The number of carboxylic acid groups (broad SMARTS) is 1. The maximum atomic E-state index is 12.5. The van der Waals surface area contributed by atoms with Gasteiger partial charge in [0.15, 0.2) is 4.47 Å². The summed E-state index contributed by atoms with van der Waals surface area (Å²) in [4.78, 5) is 14.8. The molecule has 90 valence electrons. The van der Waals surface area contributed by atoms with Crippen LogP contribution in [-0.4, -0.2) is 21.2 Å². The number of halogens is 3. The summed E-state index contributed by atoms with van der Waals surface area (Å²) in [6.07, 6.45) is -1.81. The Bertz CT molecular complexity index is 569. The number of hydrogen-bond acceptors (Lipinski definition) is 5. The number of nitrogens with zero attached hydrogens (tertiary/aromatic N) is 2. The van der Waals surface area contributed by atoms with Crippen LogP contribution < -0.4 is 0 Å². The molecule has 9 heteroatoms. The summed E-state index contributed by atoms with van der Waals surface area (Å²) in [5, 5.41) is 12.2. The SMILES string of the molecule is O=C(O)c1c(-c2cnc(Cl)s2)noc1C(F)F. The first-order valence-corrected chi connectivity index (χ1v) is 5.33. The van der Waals surface area contributed by atoms with Crippen molar-refractivity contribution in [3.8, 4) is 10.6 Å². The molecule has 0 atom stereocenters. The van der Waals surface area contributed by atoms with Crippen LogP contribution in [0.3, 0.4) is 0 Å². The summed E-state index contributed by atoms with van der Waals surface area (Å²) in [5.74, 6) is -2.52. The Balaban J connectivity index is 2.59. The molecule has 2 heterocycles. The topological polar surface area (TPSA) is 76.2 Å². The van der Waals surface area contributed by atoms with Gasteiger partial charge in [0.25, 0.3) is 6.43 Å². The minimum Gasteiger partial charge on any atom is -0.477 e. The van der Waals surface area contributed by atoms with Crippen LogP contribution in [0.1, 0.15) is 22.5 Å². The Morgan fingerprint density at radius 2 is 2.29 bits per heavy atom. The number of carboxylic acids is 1. The highest BCUT2D eigenvalue weighted by Crippen LogP contribution is 2.34. The fourth-order valence-electron chi connectivity index (χ4n) is 1.19. The van der Waals surface area contributed by atoms with Crippen molar-refractivity contribution in [1.82, 2.24) is 10.1 Å². The lowest BCUT2D eigenvalue weighted by Crippen LogP contribution is -2.01. The molecule has 0 saturated heterocycles. The zero-order chi connectivity index (χ0) is 12.6. The largest absolute Gasteiger partial charge is 0.477 e. The third kappa shape index (κ3) is 2.13. The molecule has 0 unspecified atom stereocenters. The van der Waals surface area contributed by atoms with Crippen LogP contribution in [0.25, 0.3) is 10.6 Å². The molecule has 0 aliphatic rings. The zero-order valence-corrected chi connectivity index (χ0v) is 9.43. The van der Waals surface area contributed by atoms with E-state index in [0.29, 0.717) is 0 Å². The van der Waals surface area contributed by atoms with Crippen molar-refractivity contribution in [2.45, 2.75) is 6.43 Å². The van der Waals surface area contributed by atoms with Gasteiger partial charge >= 0.3 is 5.97 Å². The zero-order valence-electron chi connectivity index (χ0n) is 7.85. The van der Waals surface area contributed by atoms with Gasteiger partial charge in [-0.3, -0.25) is 0 Å². The van der Waals surface area contributed by atoms with Crippen LogP contribution in [0.15, 0.2) is 10.7 Å². The van der Waals surface area contributed by atoms with E-state index in [4.69, 9.17) is 16.7 Å². The Morgan fingerprint density at radius 1 is 1.59 bits per heavy atom. The molecule has 5 nitrogen and oxygen atoms in total. The lowest BCUT2D eigenvalue weighted by Gasteiger charge is -1.95. The van der Waals surface area contributed by atoms with E-state index in [1.807, 2.05) is 0 Å². The molecule has 1 N–H and O–H groups in total. The van der Waals surface area contributed by atoms with Crippen LogP contribution in [0, 0.1) is 0 Å². The number of thiazole rings is 1. The van der Waals surface area contributed by atoms with Crippen LogP contribution in [0.4, 0.5) is 8.78 Å². The Morgan fingerprint density at radius 3 is 2.76 bits per heavy atom. The molecule has 17 heavy (non-hydrogen) atoms. The van der Waals surface area contributed by atoms with Crippen molar-refractivity contribution in [3.63, 3.8) is 0 Å². The molecule has 2 rings (SSSR count). The van der Waals surface area contributed by atoms with E-state index in [1.54, 1.807) is 0 Å². The summed E-state index contributed by atoms with van der Waals surface area (Å²) in [6.45, 7) is 0. The Hall–Kier alpha value is -1.54. The van der Waals surface area contributed by atoms with Crippen molar-refractivity contribution < 1.29 is 23.2 Å². The third-order valence-electron chi connectivity index (χ3n) is 1.84. The van der Waals surface area contributed by atoms with Gasteiger partial charge < -0.3 is 9.63 Å². The number of aromatic carboxylic acids is 1. The van der Waals surface area contributed by atoms with Crippen LogP contribution in [0.5, 0.6) is 0 Å². The van der Waals surface area contributed by atoms with Crippen molar-refractivity contribution in [3.05, 3.63) is 22.0 Å². The van der Waals surface area contributed by atoms with Crippen LogP contribution in [-0.2, 0) is 0 Å². The highest BCUT2D eigenvalue weighted by Gasteiger charge is 2.29. The monoisotopic (exact) mass is 280 g/mol. The van der Waals surface area contributed by atoms with Gasteiger partial charge in [0.2, 0.25) is 5.76 Å². The molecule has 2 aromatic rings. The second-order valence-electron chi connectivity index (χ2n) is 2.85. The summed E-state index contributed by atoms with van der Waals surface area (Å²) in [6, 6.07) is 0. The van der Waals surface area contributed by atoms with E-state index in [1.165, 1.54) is 6.20 Å². The maximum Gasteiger partial charge on any atom is 0.341 e. The van der Waals surface area contributed by atoms with Gasteiger partial charge in [-0.25, -0.2) is 18.6 Å². The average Bonchev–Trinajstić information content (AvgIpc) is 2.82. The molecule has 0 saturated carbocycles. The second-order valence-corrected chi connectivity index (χ2v) is 4.47. The van der Waals surface area contributed by atoms with E-state index in [9.17, 15) is 13.6 Å². The normalized spacial score (nSPS) is 11.1. The summed E-state index contributed by atoms with van der Waals surface area (Å²) >= 11 is 6.49. The molecule has 0 spiro atoms. The minimum absolute atomic E-state index is 0.151. The Kier molecular flexibility index (Phi) is 3.07. The summed E-state index contributed by atoms with van der Waals surface area (Å²) in [7, 11) is 0. The lowest BCUT2D eigenvalue weighted by atomic mass is 10.2. The first-order valence-electron chi connectivity index (χ1n) is 4.13. The predicted molar refractivity (Wildman–Crippen MR) is 54.5 cm³/mol. The highest BCUT2D eigenvalue weighted by molar-refractivity contribution is 7.18. The van der Waals surface area contributed by atoms with Crippen molar-refractivity contribution in [1.29, 1.82) is 0 Å². The average molecular weight is 281 g/mol. The van der Waals surface area contributed by atoms with Gasteiger partial charge in [-0.2, -0.15) is 0 Å². The number of alkyl halides is 2. The summed E-state index contributed by atoms with van der Waals surface area (Å²) in [5.41, 5.74) is -0.863. The maximum absolute atomic E-state index is 12.5. The predicted octanol–water partition coefficient (Wildman–Crippen LogP) is 3.09. The first-order chi connectivity index (χ1) is 8.00. The van der Waals surface area contributed by atoms with Crippen molar-refractivity contribution >= 4 is 28.9 Å². The van der Waals surface area contributed by atoms with Crippen LogP contribution in [0.2, 0.25) is 4.47 Å². The van der Waals surface area contributed by atoms with Gasteiger partial charge in [-0.15, -0.1) is 11.3 Å². The van der Waals surface area contributed by atoms with E-state index >= 15 is 0 Å². The number of hydrogen-bond donors (Lipinski definition) is 1. The quantitative estimate of drug-likeness (QED) is 0.935. The van der Waals surface area contributed by atoms with Crippen molar-refractivity contribution in [2.24, 2.45) is 0 Å². The molecule has 0 bridgehead atoms. The smallest absolute Gasteiger partial charge is 0.341 e.